The highest BCUT2D eigenvalue weighted by atomic mass is 32.1. The second-order valence-electron chi connectivity index (χ2n) is 3.17. The third-order valence-electron chi connectivity index (χ3n) is 2.25. The van der Waals surface area contributed by atoms with Gasteiger partial charge in [-0.25, -0.2) is 0 Å². The zero-order chi connectivity index (χ0) is 9.97. The van der Waals surface area contributed by atoms with Gasteiger partial charge in [0, 0.05) is 17.3 Å². The van der Waals surface area contributed by atoms with Crippen molar-refractivity contribution in [3.63, 3.8) is 0 Å². The number of rotatable bonds is 2. The Hall–Kier alpha value is -1.53. The van der Waals surface area contributed by atoms with Crippen LogP contribution in [0.2, 0.25) is 0 Å². The number of H-pyrrole nitrogens is 1. The molecule has 2 rings (SSSR count). The van der Waals surface area contributed by atoms with Gasteiger partial charge in [-0.3, -0.25) is 0 Å². The van der Waals surface area contributed by atoms with Gasteiger partial charge in [-0.05, 0) is 35.6 Å². The van der Waals surface area contributed by atoms with Gasteiger partial charge in [0.25, 0.3) is 0 Å². The Labute approximate surface area is 86.8 Å². The first kappa shape index (κ1) is 9.04. The van der Waals surface area contributed by atoms with Gasteiger partial charge in [0.2, 0.25) is 0 Å². The van der Waals surface area contributed by atoms with Crippen LogP contribution in [0.3, 0.4) is 0 Å². The Morgan fingerprint density at radius 2 is 2.36 bits per heavy atom. The number of aryl methyl sites for hydroxylation is 1. The summed E-state index contributed by atoms with van der Waals surface area (Å²) in [5, 5.41) is 11.2. The lowest BCUT2D eigenvalue weighted by molar-refractivity contribution is 1.06. The lowest BCUT2D eigenvalue weighted by atomic mass is 10.00. The molecule has 14 heavy (non-hydrogen) atoms. The second-order valence-corrected chi connectivity index (χ2v) is 4.12. The van der Waals surface area contributed by atoms with Crippen molar-refractivity contribution < 1.29 is 0 Å². The van der Waals surface area contributed by atoms with Crippen LogP contribution in [0.15, 0.2) is 29.9 Å². The van der Waals surface area contributed by atoms with Crippen LogP contribution in [0.5, 0.6) is 0 Å². The van der Waals surface area contributed by atoms with E-state index in [2.05, 4.69) is 17.1 Å². The molecule has 0 fully saturated rings. The maximum atomic E-state index is 9.14. The van der Waals surface area contributed by atoms with Crippen molar-refractivity contribution in [3.05, 3.63) is 45.9 Å². The molecule has 0 amide bonds. The summed E-state index contributed by atoms with van der Waals surface area (Å²) in [6, 6.07) is 6.34. The first-order valence-corrected chi connectivity index (χ1v) is 5.27. The van der Waals surface area contributed by atoms with E-state index in [1.807, 2.05) is 30.8 Å². The molecule has 0 spiro atoms. The van der Waals surface area contributed by atoms with Crippen LogP contribution in [-0.2, 0) is 0 Å². The lowest BCUT2D eigenvalue weighted by Crippen LogP contribution is -1.95. The predicted molar refractivity (Wildman–Crippen MR) is 57.3 cm³/mol. The second kappa shape index (κ2) is 3.69. The number of nitrogens with one attached hydrogen (secondary N) is 1. The molecule has 70 valence electrons. The van der Waals surface area contributed by atoms with E-state index in [0.717, 1.165) is 10.4 Å². The van der Waals surface area contributed by atoms with Crippen molar-refractivity contribution in [2.45, 2.75) is 12.8 Å². The van der Waals surface area contributed by atoms with E-state index < -0.39 is 0 Å². The van der Waals surface area contributed by atoms with E-state index in [-0.39, 0.29) is 5.92 Å². The molecule has 0 aliphatic heterocycles. The Bertz CT molecular complexity index is 448. The highest BCUT2D eigenvalue weighted by molar-refractivity contribution is 7.10. The molecular weight excluding hydrogens is 192 g/mol. The molecule has 1 atom stereocenters. The fourth-order valence-corrected chi connectivity index (χ4v) is 2.48. The summed E-state index contributed by atoms with van der Waals surface area (Å²) < 4.78 is 0. The molecule has 0 aromatic carbocycles. The summed E-state index contributed by atoms with van der Waals surface area (Å²) in [6.07, 6.45) is 3.73. The number of aromatic nitrogens is 1. The molecule has 0 saturated carbocycles. The molecule has 2 heterocycles. The fourth-order valence-electron chi connectivity index (χ4n) is 1.48. The molecule has 0 aliphatic rings. The van der Waals surface area contributed by atoms with E-state index >= 15 is 0 Å². The van der Waals surface area contributed by atoms with Gasteiger partial charge < -0.3 is 4.98 Å². The number of aromatic amines is 1. The van der Waals surface area contributed by atoms with Crippen LogP contribution in [0, 0.1) is 18.3 Å². The summed E-state index contributed by atoms with van der Waals surface area (Å²) in [4.78, 5) is 4.12. The largest absolute Gasteiger partial charge is 0.367 e. The molecule has 2 nitrogen and oxygen atoms in total. The Kier molecular flexibility index (Phi) is 2.38. The van der Waals surface area contributed by atoms with Crippen LogP contribution in [0.25, 0.3) is 0 Å². The van der Waals surface area contributed by atoms with Crippen molar-refractivity contribution in [1.82, 2.24) is 4.98 Å². The fraction of sp³-hybridized carbons (Fsp3) is 0.182. The Morgan fingerprint density at radius 3 is 2.86 bits per heavy atom. The Balaban J connectivity index is 2.42. The van der Waals surface area contributed by atoms with Crippen molar-refractivity contribution >= 4 is 11.3 Å². The summed E-state index contributed by atoms with van der Waals surface area (Å²) in [7, 11) is 0. The van der Waals surface area contributed by atoms with E-state index in [9.17, 15) is 0 Å². The minimum atomic E-state index is -0.124. The average Bonchev–Trinajstić information content (AvgIpc) is 2.80. The number of hydrogen-bond donors (Lipinski definition) is 1. The Morgan fingerprint density at radius 1 is 1.50 bits per heavy atom. The zero-order valence-electron chi connectivity index (χ0n) is 7.82. The van der Waals surface area contributed by atoms with Crippen LogP contribution in [0.4, 0.5) is 0 Å². The van der Waals surface area contributed by atoms with E-state index in [1.54, 1.807) is 11.3 Å². The third kappa shape index (κ3) is 1.45. The first-order valence-electron chi connectivity index (χ1n) is 4.39. The number of hydrogen-bond acceptors (Lipinski definition) is 2. The topological polar surface area (TPSA) is 39.6 Å². The first-order chi connectivity index (χ1) is 6.83. The van der Waals surface area contributed by atoms with Gasteiger partial charge in [-0.2, -0.15) is 5.26 Å². The van der Waals surface area contributed by atoms with Crippen molar-refractivity contribution in [2.75, 3.05) is 0 Å². The van der Waals surface area contributed by atoms with Gasteiger partial charge >= 0.3 is 0 Å². The molecular formula is C11H10N2S. The highest BCUT2D eigenvalue weighted by Gasteiger charge is 2.16. The van der Waals surface area contributed by atoms with Crippen LogP contribution >= 0.6 is 11.3 Å². The monoisotopic (exact) mass is 202 g/mol. The van der Waals surface area contributed by atoms with Crippen molar-refractivity contribution in [1.29, 1.82) is 5.26 Å². The van der Waals surface area contributed by atoms with E-state index in [4.69, 9.17) is 5.26 Å². The zero-order valence-corrected chi connectivity index (χ0v) is 8.64. The SMILES string of the molecule is Cc1ccsc1C(C#N)c1cc[nH]c1. The summed E-state index contributed by atoms with van der Waals surface area (Å²) >= 11 is 1.64. The minimum Gasteiger partial charge on any atom is -0.367 e. The smallest absolute Gasteiger partial charge is 0.107 e. The predicted octanol–water partition coefficient (Wildman–Crippen LogP) is 3.04. The summed E-state index contributed by atoms with van der Waals surface area (Å²) in [5.41, 5.74) is 2.24. The van der Waals surface area contributed by atoms with Gasteiger partial charge in [0.1, 0.15) is 5.92 Å². The molecule has 0 saturated heterocycles. The van der Waals surface area contributed by atoms with E-state index in [0.29, 0.717) is 0 Å². The van der Waals surface area contributed by atoms with Crippen molar-refractivity contribution in [3.8, 4) is 6.07 Å². The van der Waals surface area contributed by atoms with Gasteiger partial charge in [-0.1, -0.05) is 0 Å². The van der Waals surface area contributed by atoms with Gasteiger partial charge in [-0.15, -0.1) is 11.3 Å². The molecule has 2 aromatic rings. The van der Waals surface area contributed by atoms with Crippen LogP contribution in [0.1, 0.15) is 21.9 Å². The quantitative estimate of drug-likeness (QED) is 0.798. The van der Waals surface area contributed by atoms with Crippen LogP contribution in [-0.4, -0.2) is 4.98 Å². The molecule has 3 heteroatoms. The lowest BCUT2D eigenvalue weighted by Gasteiger charge is -2.05. The summed E-state index contributed by atoms with van der Waals surface area (Å²) in [5.74, 6) is -0.124. The number of thiophene rings is 1. The van der Waals surface area contributed by atoms with Gasteiger partial charge in [0.05, 0.1) is 6.07 Å². The van der Waals surface area contributed by atoms with Crippen LogP contribution < -0.4 is 0 Å². The van der Waals surface area contributed by atoms with Gasteiger partial charge in [0.15, 0.2) is 0 Å². The minimum absolute atomic E-state index is 0.124. The molecule has 1 N–H and O–H groups in total. The molecule has 0 aliphatic carbocycles. The van der Waals surface area contributed by atoms with Crippen molar-refractivity contribution in [2.24, 2.45) is 0 Å². The standard InChI is InChI=1S/C11H10N2S/c1-8-3-5-14-11(8)10(6-12)9-2-4-13-7-9/h2-5,7,10,13H,1H3. The normalized spacial score (nSPS) is 12.3. The molecule has 2 aromatic heterocycles. The number of nitrogens with zero attached hydrogens (tertiary/aromatic N) is 1. The highest BCUT2D eigenvalue weighted by Crippen LogP contribution is 2.30. The molecule has 1 unspecified atom stereocenters. The maximum absolute atomic E-state index is 9.14. The average molecular weight is 202 g/mol. The molecule has 0 bridgehead atoms. The number of nitriles is 1. The third-order valence-corrected chi connectivity index (χ3v) is 3.33. The molecule has 0 radical (unpaired) electrons. The van der Waals surface area contributed by atoms with E-state index in [1.165, 1.54) is 5.56 Å². The maximum Gasteiger partial charge on any atom is 0.107 e. The summed E-state index contributed by atoms with van der Waals surface area (Å²) in [6.45, 7) is 2.04.